The average molecular weight is 378 g/mol. The minimum absolute atomic E-state index is 0.0717. The molecule has 2 aliphatic heterocycles. The second-order valence-electron chi connectivity index (χ2n) is 6.30. The number of quaternary nitrogens is 1. The number of rotatable bonds is 6. The molecule has 1 amide bonds. The van der Waals surface area contributed by atoms with Crippen molar-refractivity contribution in [3.05, 3.63) is 35.5 Å². The number of aromatic nitrogens is 1. The van der Waals surface area contributed by atoms with Crippen molar-refractivity contribution in [2.75, 3.05) is 56.5 Å². The van der Waals surface area contributed by atoms with E-state index in [0.29, 0.717) is 23.9 Å². The zero-order chi connectivity index (χ0) is 18.4. The standard InChI is InChI=1S/C18H24N4O3S/c1-2-25-18(24)13-17-22(16(23)14-26-17)12-9-20-7-10-21(11-8-20)15-5-3-4-6-19-15/h3-6,13H,2,7-12,14H2,1H3/p+2/b17-13-. The Hall–Kier alpha value is -2.06. The Balaban J connectivity index is 1.49. The first-order chi connectivity index (χ1) is 12.7. The quantitative estimate of drug-likeness (QED) is 0.518. The number of nitrogens with zero attached hydrogens (tertiary/aromatic N) is 2. The van der Waals surface area contributed by atoms with Crippen LogP contribution in [0, 0.1) is 0 Å². The minimum atomic E-state index is -0.380. The van der Waals surface area contributed by atoms with Gasteiger partial charge in [0, 0.05) is 6.07 Å². The first-order valence-corrected chi connectivity index (χ1v) is 10.0. The lowest BCUT2D eigenvalue weighted by Crippen LogP contribution is -3.15. The van der Waals surface area contributed by atoms with Crippen LogP contribution in [0.3, 0.4) is 0 Å². The van der Waals surface area contributed by atoms with Gasteiger partial charge in [0.15, 0.2) is 0 Å². The summed E-state index contributed by atoms with van der Waals surface area (Å²) in [6, 6.07) is 6.12. The molecule has 2 saturated heterocycles. The largest absolute Gasteiger partial charge is 0.463 e. The molecule has 2 fully saturated rings. The zero-order valence-corrected chi connectivity index (χ0v) is 15.9. The van der Waals surface area contributed by atoms with Crippen molar-refractivity contribution in [3.63, 3.8) is 0 Å². The summed E-state index contributed by atoms with van der Waals surface area (Å²) in [5, 5.41) is 0.713. The summed E-state index contributed by atoms with van der Waals surface area (Å²) in [7, 11) is 0. The molecule has 8 heteroatoms. The molecule has 2 N–H and O–H groups in total. The molecule has 0 aromatic carbocycles. The fourth-order valence-corrected chi connectivity index (χ4v) is 4.17. The lowest BCUT2D eigenvalue weighted by molar-refractivity contribution is -0.900. The number of carbonyl (C=O) groups excluding carboxylic acids is 2. The first kappa shape index (κ1) is 18.7. The number of amides is 1. The molecule has 1 aromatic rings. The van der Waals surface area contributed by atoms with Crippen LogP contribution < -0.4 is 14.8 Å². The third-order valence-corrected chi connectivity index (χ3v) is 5.66. The van der Waals surface area contributed by atoms with Gasteiger partial charge in [0.05, 0.1) is 42.8 Å². The molecule has 0 spiro atoms. The third-order valence-electron chi connectivity index (χ3n) is 4.63. The van der Waals surface area contributed by atoms with Gasteiger partial charge in [0.25, 0.3) is 5.82 Å². The number of piperazine rings is 1. The molecule has 0 radical (unpaired) electrons. The summed E-state index contributed by atoms with van der Waals surface area (Å²) in [4.78, 5) is 32.6. The lowest BCUT2D eigenvalue weighted by atomic mass is 10.3. The van der Waals surface area contributed by atoms with Crippen LogP contribution in [0.15, 0.2) is 35.5 Å². The van der Waals surface area contributed by atoms with Crippen molar-refractivity contribution in [2.24, 2.45) is 0 Å². The maximum atomic E-state index is 12.1. The van der Waals surface area contributed by atoms with Gasteiger partial charge >= 0.3 is 5.97 Å². The Kier molecular flexibility index (Phi) is 6.51. The molecule has 0 aliphatic carbocycles. The van der Waals surface area contributed by atoms with Gasteiger partial charge in [-0.1, -0.05) is 17.8 Å². The van der Waals surface area contributed by atoms with Gasteiger partial charge < -0.3 is 14.5 Å². The SMILES string of the molecule is CCOC(=O)/C=C1\SCC(=O)N1CC[NH+]1CCN(c2cccc[nH+]2)CC1. The monoisotopic (exact) mass is 378 g/mol. The molecule has 0 saturated carbocycles. The molecule has 0 bridgehead atoms. The topological polar surface area (TPSA) is 68.4 Å². The van der Waals surface area contributed by atoms with E-state index in [2.05, 4.69) is 16.0 Å². The maximum absolute atomic E-state index is 12.1. The van der Waals surface area contributed by atoms with Gasteiger partial charge in [-0.15, -0.1) is 0 Å². The van der Waals surface area contributed by atoms with Crippen molar-refractivity contribution in [2.45, 2.75) is 6.92 Å². The number of thioether (sulfide) groups is 1. The predicted octanol–water partition coefficient (Wildman–Crippen LogP) is -0.814. The Labute approximate surface area is 158 Å². The minimum Gasteiger partial charge on any atom is -0.463 e. The number of ether oxygens (including phenoxy) is 1. The smallest absolute Gasteiger partial charge is 0.333 e. The fourth-order valence-electron chi connectivity index (χ4n) is 3.22. The number of hydrogen-bond acceptors (Lipinski definition) is 5. The van der Waals surface area contributed by atoms with Gasteiger partial charge in [0.2, 0.25) is 5.91 Å². The molecule has 26 heavy (non-hydrogen) atoms. The van der Waals surface area contributed by atoms with Gasteiger partial charge in [0.1, 0.15) is 26.2 Å². The highest BCUT2D eigenvalue weighted by molar-refractivity contribution is 8.04. The molecule has 140 valence electrons. The molecule has 3 heterocycles. The first-order valence-electron chi connectivity index (χ1n) is 9.04. The molecule has 2 aliphatic rings. The van der Waals surface area contributed by atoms with E-state index >= 15 is 0 Å². The highest BCUT2D eigenvalue weighted by atomic mass is 32.2. The number of pyridine rings is 1. The fraction of sp³-hybridized carbons (Fsp3) is 0.500. The lowest BCUT2D eigenvalue weighted by Gasteiger charge is -2.29. The second-order valence-corrected chi connectivity index (χ2v) is 7.30. The van der Waals surface area contributed by atoms with Crippen LogP contribution in [0.25, 0.3) is 0 Å². The molecule has 0 unspecified atom stereocenters. The summed E-state index contributed by atoms with van der Waals surface area (Å²) in [5.74, 6) is 1.24. The molecular formula is C18H26N4O3S+2. The van der Waals surface area contributed by atoms with E-state index < -0.39 is 0 Å². The summed E-state index contributed by atoms with van der Waals surface area (Å²) in [5.41, 5.74) is 0. The predicted molar refractivity (Wildman–Crippen MR) is 99.7 cm³/mol. The Morgan fingerprint density at radius 2 is 2.19 bits per heavy atom. The number of H-pyrrole nitrogens is 1. The number of anilines is 1. The van der Waals surface area contributed by atoms with E-state index in [1.165, 1.54) is 22.7 Å². The Morgan fingerprint density at radius 3 is 2.88 bits per heavy atom. The number of hydrogen-bond donors (Lipinski definition) is 1. The van der Waals surface area contributed by atoms with E-state index in [1.54, 1.807) is 11.8 Å². The Bertz CT molecular complexity index is 660. The highest BCUT2D eigenvalue weighted by Crippen LogP contribution is 2.28. The molecule has 3 rings (SSSR count). The van der Waals surface area contributed by atoms with Gasteiger partial charge in [-0.25, -0.2) is 9.78 Å². The molecular weight excluding hydrogens is 352 g/mol. The summed E-state index contributed by atoms with van der Waals surface area (Å²) < 4.78 is 4.96. The second kappa shape index (κ2) is 9.05. The van der Waals surface area contributed by atoms with Crippen LogP contribution >= 0.6 is 11.8 Å². The summed E-state index contributed by atoms with van der Waals surface area (Å²) in [6.45, 7) is 7.70. The zero-order valence-electron chi connectivity index (χ0n) is 15.1. The van der Waals surface area contributed by atoms with Crippen LogP contribution in [-0.2, 0) is 14.3 Å². The maximum Gasteiger partial charge on any atom is 0.333 e. The van der Waals surface area contributed by atoms with E-state index in [4.69, 9.17) is 4.74 Å². The molecule has 1 aromatic heterocycles. The molecule has 7 nitrogen and oxygen atoms in total. The van der Waals surface area contributed by atoms with Crippen LogP contribution in [0.2, 0.25) is 0 Å². The average Bonchev–Trinajstić information content (AvgIpc) is 3.01. The van der Waals surface area contributed by atoms with Crippen molar-refractivity contribution < 1.29 is 24.2 Å². The highest BCUT2D eigenvalue weighted by Gasteiger charge is 2.30. The van der Waals surface area contributed by atoms with E-state index in [-0.39, 0.29) is 11.9 Å². The van der Waals surface area contributed by atoms with E-state index in [0.717, 1.165) is 38.5 Å². The van der Waals surface area contributed by atoms with Gasteiger partial charge in [-0.05, 0) is 13.0 Å². The van der Waals surface area contributed by atoms with Crippen molar-refractivity contribution in [1.29, 1.82) is 0 Å². The number of nitrogens with one attached hydrogen (secondary N) is 2. The summed E-state index contributed by atoms with van der Waals surface area (Å²) in [6.07, 6.45) is 3.39. The van der Waals surface area contributed by atoms with Gasteiger partial charge in [-0.2, -0.15) is 0 Å². The van der Waals surface area contributed by atoms with Crippen LogP contribution in [0.5, 0.6) is 0 Å². The van der Waals surface area contributed by atoms with E-state index in [1.807, 2.05) is 18.3 Å². The molecule has 0 atom stereocenters. The van der Waals surface area contributed by atoms with Gasteiger partial charge in [-0.3, -0.25) is 9.69 Å². The third kappa shape index (κ3) is 4.76. The van der Waals surface area contributed by atoms with E-state index in [9.17, 15) is 9.59 Å². The van der Waals surface area contributed by atoms with Crippen molar-refractivity contribution >= 4 is 29.5 Å². The van der Waals surface area contributed by atoms with Crippen molar-refractivity contribution in [1.82, 2.24) is 4.90 Å². The van der Waals surface area contributed by atoms with Crippen LogP contribution in [0.4, 0.5) is 5.82 Å². The number of aromatic amines is 1. The normalized spacial score (nSPS) is 20.0. The van der Waals surface area contributed by atoms with Crippen molar-refractivity contribution in [3.8, 4) is 0 Å². The number of esters is 1. The van der Waals surface area contributed by atoms with Crippen LogP contribution in [0.1, 0.15) is 6.92 Å². The Morgan fingerprint density at radius 1 is 1.38 bits per heavy atom. The number of carbonyl (C=O) groups is 2. The van der Waals surface area contributed by atoms with Crippen LogP contribution in [-0.4, -0.2) is 68.4 Å². The summed E-state index contributed by atoms with van der Waals surface area (Å²) >= 11 is 1.41.